The molecule has 3 N–H and O–H groups in total. The number of anilines is 1. The summed E-state index contributed by atoms with van der Waals surface area (Å²) in [7, 11) is 1.55. The van der Waals surface area contributed by atoms with E-state index in [0.717, 1.165) is 32.1 Å². The number of carbonyl (C=O) groups is 2. The van der Waals surface area contributed by atoms with Crippen molar-refractivity contribution in [2.45, 2.75) is 38.1 Å². The molecule has 1 fully saturated rings. The summed E-state index contributed by atoms with van der Waals surface area (Å²) in [6.07, 6.45) is 6.12. The number of ether oxygens (including phenoxy) is 2. The van der Waals surface area contributed by atoms with Crippen LogP contribution in [0.2, 0.25) is 0 Å². The lowest BCUT2D eigenvalue weighted by Gasteiger charge is -2.35. The number of Topliss-reactive ketones (excluding diaryl/α,β-unsaturated/α-hetero) is 1. The monoisotopic (exact) mass is 475 g/mol. The highest BCUT2D eigenvalue weighted by atomic mass is 16.5. The van der Waals surface area contributed by atoms with E-state index in [2.05, 4.69) is 11.7 Å². The maximum absolute atomic E-state index is 13.6. The van der Waals surface area contributed by atoms with Crippen LogP contribution in [0, 0.1) is 5.92 Å². The summed E-state index contributed by atoms with van der Waals surface area (Å²) in [5.74, 6) is 4.82. The second kappa shape index (κ2) is 10.5. The van der Waals surface area contributed by atoms with Crippen LogP contribution in [0.5, 0.6) is 5.75 Å². The summed E-state index contributed by atoms with van der Waals surface area (Å²) in [5, 5.41) is 14.6. The molecule has 8 nitrogen and oxygen atoms in total. The minimum Gasteiger partial charge on any atom is -0.503 e. The number of nitrogens with zero attached hydrogens (tertiary/aromatic N) is 2. The first-order valence-electron chi connectivity index (χ1n) is 11.6. The number of hydrazone groups is 1. The van der Waals surface area contributed by atoms with Gasteiger partial charge in [-0.2, -0.15) is 0 Å². The molecule has 8 heteroatoms. The number of hydrogen-bond donors (Lipinski definition) is 2. The number of methoxy groups -OCH3 is 1. The van der Waals surface area contributed by atoms with Crippen molar-refractivity contribution in [2.75, 3.05) is 12.0 Å². The maximum atomic E-state index is 13.6. The second-order valence-corrected chi connectivity index (χ2v) is 8.60. The summed E-state index contributed by atoms with van der Waals surface area (Å²) in [5.41, 5.74) is 1.70. The fourth-order valence-corrected chi connectivity index (χ4v) is 4.96. The smallest absolute Gasteiger partial charge is 0.294 e. The molecule has 1 unspecified atom stereocenters. The van der Waals surface area contributed by atoms with Gasteiger partial charge in [0.25, 0.3) is 5.91 Å². The van der Waals surface area contributed by atoms with Crippen LogP contribution in [-0.4, -0.2) is 35.8 Å². The Hall–Kier alpha value is -4.07. The molecule has 1 aliphatic carbocycles. The topological polar surface area (TPSA) is 114 Å². The summed E-state index contributed by atoms with van der Waals surface area (Å²) in [6.45, 7) is 3.51. The lowest BCUT2D eigenvalue weighted by molar-refractivity contribution is -0.117. The molecule has 0 aromatic heterocycles. The normalized spacial score (nSPS) is 19.1. The first-order valence-corrected chi connectivity index (χ1v) is 11.6. The van der Waals surface area contributed by atoms with Gasteiger partial charge in [-0.15, -0.1) is 5.10 Å². The zero-order valence-corrected chi connectivity index (χ0v) is 19.6. The predicted octanol–water partition coefficient (Wildman–Crippen LogP) is 4.47. The van der Waals surface area contributed by atoms with Gasteiger partial charge in [-0.3, -0.25) is 14.5 Å². The van der Waals surface area contributed by atoms with Gasteiger partial charge in [-0.1, -0.05) is 25.8 Å². The Bertz CT molecular complexity index is 1160. The molecule has 2 aromatic carbocycles. The van der Waals surface area contributed by atoms with E-state index >= 15 is 0 Å². The first kappa shape index (κ1) is 24.1. The van der Waals surface area contributed by atoms with Gasteiger partial charge in [-0.25, -0.2) is 0 Å². The number of hydrogen-bond acceptors (Lipinski definition) is 7. The number of amides is 1. The molecule has 1 amide bonds. The van der Waals surface area contributed by atoms with E-state index in [-0.39, 0.29) is 23.2 Å². The van der Waals surface area contributed by atoms with Gasteiger partial charge in [0.05, 0.1) is 25.0 Å². The summed E-state index contributed by atoms with van der Waals surface area (Å²) < 4.78 is 10.4. The third-order valence-electron chi connectivity index (χ3n) is 6.65. The molecule has 0 radical (unpaired) electrons. The molecule has 0 saturated heterocycles. The summed E-state index contributed by atoms with van der Waals surface area (Å²) in [4.78, 5) is 28.5. The Kier molecular flexibility index (Phi) is 7.19. The molecule has 1 atom stereocenters. The number of rotatable bonds is 7. The fourth-order valence-electron chi connectivity index (χ4n) is 4.96. The number of carbonyl (C=O) groups excluding carboxylic acids is 2. The van der Waals surface area contributed by atoms with Crippen molar-refractivity contribution in [1.82, 2.24) is 0 Å². The predicted molar refractivity (Wildman–Crippen MR) is 133 cm³/mol. The lowest BCUT2D eigenvalue weighted by atomic mass is 9.79. The van der Waals surface area contributed by atoms with Crippen molar-refractivity contribution < 1.29 is 24.2 Å². The highest BCUT2D eigenvalue weighted by Crippen LogP contribution is 2.41. The van der Waals surface area contributed by atoms with E-state index < -0.39 is 17.7 Å². The summed E-state index contributed by atoms with van der Waals surface area (Å²) >= 11 is 0. The average Bonchev–Trinajstić information content (AvgIpc) is 3.17. The van der Waals surface area contributed by atoms with E-state index in [1.54, 1.807) is 60.5 Å². The maximum Gasteiger partial charge on any atom is 0.294 e. The van der Waals surface area contributed by atoms with E-state index in [1.807, 2.05) is 0 Å². The zero-order valence-electron chi connectivity index (χ0n) is 19.6. The highest BCUT2D eigenvalue weighted by molar-refractivity contribution is 6.21. The third kappa shape index (κ3) is 4.64. The van der Waals surface area contributed by atoms with E-state index in [9.17, 15) is 14.7 Å². The average molecular weight is 476 g/mol. The van der Waals surface area contributed by atoms with Crippen LogP contribution < -0.4 is 15.5 Å². The van der Waals surface area contributed by atoms with Gasteiger partial charge in [0.15, 0.2) is 11.5 Å². The Morgan fingerprint density at radius 2 is 1.71 bits per heavy atom. The molecule has 4 rings (SSSR count). The first-order chi connectivity index (χ1) is 17.0. The number of benzene rings is 2. The van der Waals surface area contributed by atoms with Crippen molar-refractivity contribution in [2.24, 2.45) is 16.9 Å². The Balaban J connectivity index is 1.73. The number of aliphatic hydroxyl groups excluding tert-OH is 1. The second-order valence-electron chi connectivity index (χ2n) is 8.60. The van der Waals surface area contributed by atoms with Gasteiger partial charge in [0.2, 0.25) is 5.90 Å². The molecule has 1 aliphatic heterocycles. The van der Waals surface area contributed by atoms with Crippen LogP contribution in [0.3, 0.4) is 0 Å². The van der Waals surface area contributed by atoms with Crippen molar-refractivity contribution in [3.63, 3.8) is 0 Å². The minimum atomic E-state index is -0.583. The van der Waals surface area contributed by atoms with Crippen LogP contribution in [0.25, 0.3) is 0 Å². The quantitative estimate of drug-likeness (QED) is 0.153. The molecular weight excluding hydrogens is 446 g/mol. The zero-order chi connectivity index (χ0) is 24.9. The Morgan fingerprint density at radius 3 is 2.29 bits per heavy atom. The Labute approximate surface area is 204 Å². The van der Waals surface area contributed by atoms with Crippen LogP contribution in [0.15, 0.2) is 77.8 Å². The number of aliphatic hydroxyl groups is 1. The van der Waals surface area contributed by atoms with E-state index in [4.69, 9.17) is 15.3 Å². The molecule has 0 spiro atoms. The third-order valence-corrected chi connectivity index (χ3v) is 6.65. The van der Waals surface area contributed by atoms with E-state index in [1.165, 1.54) is 6.26 Å². The molecule has 1 heterocycles. The summed E-state index contributed by atoms with van der Waals surface area (Å²) in [6, 6.07) is 13.0. The molecule has 1 saturated carbocycles. The van der Waals surface area contributed by atoms with Gasteiger partial charge in [-0.05, 0) is 67.3 Å². The fraction of sp³-hybridized carbons (Fsp3) is 0.296. The molecule has 2 aliphatic rings. The van der Waals surface area contributed by atoms with Crippen LogP contribution in [-0.2, 0) is 9.53 Å². The number of nitrogens with two attached hydrogens (primary N) is 1. The van der Waals surface area contributed by atoms with Gasteiger partial charge in [0, 0.05) is 16.8 Å². The molecular formula is C27H29N3O5. The van der Waals surface area contributed by atoms with Crippen LogP contribution in [0.1, 0.15) is 48.0 Å². The number of ketones is 1. The minimum absolute atomic E-state index is 0.0551. The van der Waals surface area contributed by atoms with Gasteiger partial charge < -0.3 is 20.4 Å². The van der Waals surface area contributed by atoms with Crippen molar-refractivity contribution in [3.8, 4) is 5.75 Å². The van der Waals surface area contributed by atoms with E-state index in [0.29, 0.717) is 22.6 Å². The van der Waals surface area contributed by atoms with Gasteiger partial charge >= 0.3 is 0 Å². The SMILES string of the molecule is C=CO/C(=N\N)c1ccc(N2C(=O)C(O)=C(C(=O)c3ccc(OC)cc3)C2C2CCCCC2)cc1. The highest BCUT2D eigenvalue weighted by Gasteiger charge is 2.47. The lowest BCUT2D eigenvalue weighted by Crippen LogP contribution is -2.42. The van der Waals surface area contributed by atoms with Crippen molar-refractivity contribution >= 4 is 23.3 Å². The molecule has 35 heavy (non-hydrogen) atoms. The molecule has 182 valence electrons. The van der Waals surface area contributed by atoms with Crippen molar-refractivity contribution in [1.29, 1.82) is 0 Å². The van der Waals surface area contributed by atoms with Crippen LogP contribution >= 0.6 is 0 Å². The van der Waals surface area contributed by atoms with Crippen molar-refractivity contribution in [3.05, 3.63) is 83.8 Å². The van der Waals surface area contributed by atoms with Crippen LogP contribution in [0.4, 0.5) is 5.69 Å². The Morgan fingerprint density at radius 1 is 1.09 bits per heavy atom. The standard InChI is InChI=1S/C27H29N3O5/c1-3-35-26(29-28)19-9-13-20(14-10-19)30-23(17-7-5-4-6-8-17)22(25(32)27(30)33)24(31)18-11-15-21(34-2)16-12-18/h3,9-17,23,32H,1,4-8,28H2,2H3/b29-26-. The van der Waals surface area contributed by atoms with Gasteiger partial charge in [0.1, 0.15) is 5.75 Å². The largest absolute Gasteiger partial charge is 0.503 e. The molecule has 2 aromatic rings. The molecule has 0 bridgehead atoms.